The number of nitrogens with two attached hydrogens (primary N) is 1. The molecule has 0 atom stereocenters. The Morgan fingerprint density at radius 2 is 2.17 bits per heavy atom. The number of benzene rings is 1. The number of anilines is 1. The lowest BCUT2D eigenvalue weighted by atomic mass is 10.1. The summed E-state index contributed by atoms with van der Waals surface area (Å²) in [6, 6.07) is 4.35. The fraction of sp³-hybridized carbons (Fsp3) is 0.462. The van der Waals surface area contributed by atoms with Crippen LogP contribution >= 0.6 is 0 Å². The number of likely N-dealkylation sites (N-methyl/N-ethyl adjacent to an activating group) is 1. The van der Waals surface area contributed by atoms with Gasteiger partial charge in [0.25, 0.3) is 0 Å². The van der Waals surface area contributed by atoms with Crippen LogP contribution in [0.15, 0.2) is 18.2 Å². The average Bonchev–Trinajstić information content (AvgIpc) is 2.47. The summed E-state index contributed by atoms with van der Waals surface area (Å²) in [4.78, 5) is 15.5. The lowest BCUT2D eigenvalue weighted by molar-refractivity contribution is -0.129. The minimum absolute atomic E-state index is 0.0995. The molecule has 1 fully saturated rings. The molecule has 0 aliphatic carbocycles. The molecule has 1 amide bonds. The summed E-state index contributed by atoms with van der Waals surface area (Å²) in [6.45, 7) is 2.48. The van der Waals surface area contributed by atoms with E-state index in [0.717, 1.165) is 25.1 Å². The van der Waals surface area contributed by atoms with Crippen LogP contribution in [0, 0.1) is 5.82 Å². The predicted octanol–water partition coefficient (Wildman–Crippen LogP) is 1.07. The average molecular weight is 251 g/mol. The van der Waals surface area contributed by atoms with Gasteiger partial charge in [0.15, 0.2) is 0 Å². The summed E-state index contributed by atoms with van der Waals surface area (Å²) in [7, 11) is 1.81. The standard InChI is InChI=1S/C13H18FN3O/c1-16-5-2-6-17(9-13(16)18)8-10-7-11(14)3-4-12(10)15/h3-4,7H,2,5-6,8-9,15H2,1H3. The Kier molecular flexibility index (Phi) is 3.81. The molecule has 0 unspecified atom stereocenters. The number of nitrogen functional groups attached to an aromatic ring is 1. The Labute approximate surface area is 106 Å². The summed E-state index contributed by atoms with van der Waals surface area (Å²) in [5.74, 6) is -0.194. The van der Waals surface area contributed by atoms with E-state index in [4.69, 9.17) is 5.73 Å². The highest BCUT2D eigenvalue weighted by Crippen LogP contribution is 2.16. The van der Waals surface area contributed by atoms with Gasteiger partial charge in [-0.2, -0.15) is 0 Å². The highest BCUT2D eigenvalue weighted by atomic mass is 19.1. The Morgan fingerprint density at radius 3 is 2.94 bits per heavy atom. The molecule has 18 heavy (non-hydrogen) atoms. The van der Waals surface area contributed by atoms with Gasteiger partial charge in [-0.05, 0) is 30.2 Å². The van der Waals surface area contributed by atoms with Crippen LogP contribution in [-0.4, -0.2) is 42.4 Å². The molecule has 0 saturated carbocycles. The second-order valence-corrected chi connectivity index (χ2v) is 4.72. The molecule has 2 rings (SSSR count). The van der Waals surface area contributed by atoms with E-state index in [1.807, 2.05) is 11.9 Å². The van der Waals surface area contributed by atoms with Crippen molar-refractivity contribution in [3.63, 3.8) is 0 Å². The van der Waals surface area contributed by atoms with Gasteiger partial charge in [0.05, 0.1) is 6.54 Å². The van der Waals surface area contributed by atoms with Crippen molar-refractivity contribution in [3.05, 3.63) is 29.6 Å². The maximum atomic E-state index is 13.2. The number of carbonyl (C=O) groups is 1. The summed E-state index contributed by atoms with van der Waals surface area (Å²) in [5, 5.41) is 0. The van der Waals surface area contributed by atoms with Gasteiger partial charge < -0.3 is 10.6 Å². The molecule has 0 radical (unpaired) electrons. The normalized spacial score (nSPS) is 17.9. The van der Waals surface area contributed by atoms with Crippen LogP contribution in [0.1, 0.15) is 12.0 Å². The van der Waals surface area contributed by atoms with Crippen LogP contribution in [0.2, 0.25) is 0 Å². The van der Waals surface area contributed by atoms with E-state index in [2.05, 4.69) is 0 Å². The maximum Gasteiger partial charge on any atom is 0.236 e. The van der Waals surface area contributed by atoms with Crippen molar-refractivity contribution in [3.8, 4) is 0 Å². The van der Waals surface area contributed by atoms with Gasteiger partial charge in [0.2, 0.25) is 5.91 Å². The molecule has 5 heteroatoms. The number of rotatable bonds is 2. The first kappa shape index (κ1) is 12.8. The molecule has 1 aliphatic rings. The van der Waals surface area contributed by atoms with Crippen molar-refractivity contribution < 1.29 is 9.18 Å². The van der Waals surface area contributed by atoms with Gasteiger partial charge in [-0.1, -0.05) is 0 Å². The minimum Gasteiger partial charge on any atom is -0.398 e. The van der Waals surface area contributed by atoms with Crippen molar-refractivity contribution in [1.29, 1.82) is 0 Å². The molecule has 0 bridgehead atoms. The van der Waals surface area contributed by atoms with Crippen molar-refractivity contribution in [1.82, 2.24) is 9.80 Å². The lowest BCUT2D eigenvalue weighted by Gasteiger charge is -2.20. The second kappa shape index (κ2) is 5.35. The summed E-state index contributed by atoms with van der Waals surface area (Å²) in [6.07, 6.45) is 0.928. The number of hydrogen-bond acceptors (Lipinski definition) is 3. The molecule has 4 nitrogen and oxygen atoms in total. The first-order chi connectivity index (χ1) is 8.56. The highest BCUT2D eigenvalue weighted by molar-refractivity contribution is 5.78. The number of nitrogens with zero attached hydrogens (tertiary/aromatic N) is 2. The fourth-order valence-electron chi connectivity index (χ4n) is 2.13. The van der Waals surface area contributed by atoms with Gasteiger partial charge in [-0.15, -0.1) is 0 Å². The fourth-order valence-corrected chi connectivity index (χ4v) is 2.13. The number of amides is 1. The van der Waals surface area contributed by atoms with Crippen LogP contribution in [0.5, 0.6) is 0 Å². The molecule has 1 aromatic rings. The molecule has 0 spiro atoms. The van der Waals surface area contributed by atoms with Crippen LogP contribution in [0.4, 0.5) is 10.1 Å². The monoisotopic (exact) mass is 251 g/mol. The molecule has 1 aliphatic heterocycles. The number of carbonyl (C=O) groups excluding carboxylic acids is 1. The molecule has 1 aromatic carbocycles. The maximum absolute atomic E-state index is 13.2. The summed E-state index contributed by atoms with van der Waals surface area (Å²) < 4.78 is 13.2. The van der Waals surface area contributed by atoms with E-state index in [9.17, 15) is 9.18 Å². The third-order valence-corrected chi connectivity index (χ3v) is 3.25. The molecule has 0 aromatic heterocycles. The lowest BCUT2D eigenvalue weighted by Crippen LogP contribution is -2.34. The van der Waals surface area contributed by atoms with Crippen molar-refractivity contribution >= 4 is 11.6 Å². The van der Waals surface area contributed by atoms with Crippen LogP contribution in [-0.2, 0) is 11.3 Å². The molecule has 98 valence electrons. The number of hydrogen-bond donors (Lipinski definition) is 1. The number of halogens is 1. The third kappa shape index (κ3) is 2.98. The molecule has 2 N–H and O–H groups in total. The quantitative estimate of drug-likeness (QED) is 0.800. The summed E-state index contributed by atoms with van der Waals surface area (Å²) in [5.41, 5.74) is 7.13. The van der Waals surface area contributed by atoms with E-state index in [1.54, 1.807) is 11.0 Å². The van der Waals surface area contributed by atoms with E-state index in [-0.39, 0.29) is 11.7 Å². The van der Waals surface area contributed by atoms with Gasteiger partial charge in [0.1, 0.15) is 5.82 Å². The van der Waals surface area contributed by atoms with Crippen molar-refractivity contribution in [2.75, 3.05) is 32.4 Å². The van der Waals surface area contributed by atoms with Gasteiger partial charge in [0, 0.05) is 32.4 Å². The first-order valence-corrected chi connectivity index (χ1v) is 6.06. The van der Waals surface area contributed by atoms with Crippen molar-refractivity contribution in [2.45, 2.75) is 13.0 Å². The Bertz CT molecular complexity index is 450. The van der Waals surface area contributed by atoms with E-state index < -0.39 is 0 Å². The SMILES string of the molecule is CN1CCCN(Cc2cc(F)ccc2N)CC1=O. The smallest absolute Gasteiger partial charge is 0.236 e. The van der Waals surface area contributed by atoms with E-state index in [1.165, 1.54) is 12.1 Å². The second-order valence-electron chi connectivity index (χ2n) is 4.72. The third-order valence-electron chi connectivity index (χ3n) is 3.25. The zero-order valence-electron chi connectivity index (χ0n) is 10.5. The van der Waals surface area contributed by atoms with Crippen LogP contribution in [0.3, 0.4) is 0 Å². The highest BCUT2D eigenvalue weighted by Gasteiger charge is 2.19. The Hall–Kier alpha value is -1.62. The molecular formula is C13H18FN3O. The Morgan fingerprint density at radius 1 is 1.39 bits per heavy atom. The first-order valence-electron chi connectivity index (χ1n) is 6.06. The zero-order chi connectivity index (χ0) is 13.1. The molecule has 1 heterocycles. The predicted molar refractivity (Wildman–Crippen MR) is 68.3 cm³/mol. The van der Waals surface area contributed by atoms with Crippen LogP contribution in [0.25, 0.3) is 0 Å². The van der Waals surface area contributed by atoms with Crippen LogP contribution < -0.4 is 5.73 Å². The van der Waals surface area contributed by atoms with Crippen molar-refractivity contribution in [2.24, 2.45) is 0 Å². The minimum atomic E-state index is -0.294. The zero-order valence-corrected chi connectivity index (χ0v) is 10.5. The largest absolute Gasteiger partial charge is 0.398 e. The summed E-state index contributed by atoms with van der Waals surface area (Å²) >= 11 is 0. The van der Waals surface area contributed by atoms with Gasteiger partial charge in [-0.25, -0.2) is 4.39 Å². The topological polar surface area (TPSA) is 49.6 Å². The van der Waals surface area contributed by atoms with E-state index in [0.29, 0.717) is 18.8 Å². The Balaban J connectivity index is 2.08. The van der Waals surface area contributed by atoms with E-state index >= 15 is 0 Å². The van der Waals surface area contributed by atoms with Gasteiger partial charge in [-0.3, -0.25) is 9.69 Å². The molecule has 1 saturated heterocycles. The van der Waals surface area contributed by atoms with Gasteiger partial charge >= 0.3 is 0 Å². The molecular weight excluding hydrogens is 233 g/mol.